The molecular weight excluding hydrogens is 224 g/mol. The van der Waals surface area contributed by atoms with Gasteiger partial charge in [0.1, 0.15) is 5.75 Å². The second-order valence-electron chi connectivity index (χ2n) is 5.30. The number of anilines is 1. The maximum atomic E-state index is 5.17. The molecule has 1 aliphatic rings. The lowest BCUT2D eigenvalue weighted by Gasteiger charge is -2.33. The molecule has 2 rings (SSSR count). The van der Waals surface area contributed by atoms with E-state index >= 15 is 0 Å². The van der Waals surface area contributed by atoms with Crippen molar-refractivity contribution >= 4 is 5.69 Å². The van der Waals surface area contributed by atoms with Gasteiger partial charge in [0.2, 0.25) is 0 Å². The summed E-state index contributed by atoms with van der Waals surface area (Å²) < 4.78 is 5.17. The van der Waals surface area contributed by atoms with E-state index in [0.717, 1.165) is 11.7 Å². The van der Waals surface area contributed by atoms with Gasteiger partial charge in [0.15, 0.2) is 0 Å². The summed E-state index contributed by atoms with van der Waals surface area (Å²) in [6.45, 7) is 4.73. The Morgan fingerprint density at radius 1 is 1.22 bits per heavy atom. The van der Waals surface area contributed by atoms with E-state index in [2.05, 4.69) is 36.3 Å². The zero-order chi connectivity index (χ0) is 13.0. The van der Waals surface area contributed by atoms with Crippen LogP contribution >= 0.6 is 0 Å². The molecule has 1 atom stereocenters. The number of benzene rings is 1. The number of likely N-dealkylation sites (tertiary alicyclic amines) is 1. The van der Waals surface area contributed by atoms with Crippen LogP contribution < -0.4 is 10.1 Å². The minimum Gasteiger partial charge on any atom is -0.497 e. The van der Waals surface area contributed by atoms with Crippen molar-refractivity contribution in [1.82, 2.24) is 4.90 Å². The minimum absolute atomic E-state index is 0.534. The van der Waals surface area contributed by atoms with Crippen molar-refractivity contribution < 1.29 is 4.74 Å². The number of methoxy groups -OCH3 is 1. The van der Waals surface area contributed by atoms with E-state index in [1.807, 2.05) is 12.1 Å². The fourth-order valence-electron chi connectivity index (χ4n) is 2.60. The fraction of sp³-hybridized carbons (Fsp3) is 0.600. The number of hydrogen-bond acceptors (Lipinski definition) is 3. The van der Waals surface area contributed by atoms with Gasteiger partial charge in [-0.1, -0.05) is 0 Å². The molecule has 3 nitrogen and oxygen atoms in total. The quantitative estimate of drug-likeness (QED) is 0.886. The number of nitrogens with zero attached hydrogens (tertiary/aromatic N) is 1. The van der Waals surface area contributed by atoms with Crippen LogP contribution in [-0.4, -0.2) is 38.2 Å². The zero-order valence-electron chi connectivity index (χ0n) is 11.6. The van der Waals surface area contributed by atoms with Crippen LogP contribution in [0.2, 0.25) is 0 Å². The first kappa shape index (κ1) is 13.2. The highest BCUT2D eigenvalue weighted by molar-refractivity contribution is 5.47. The maximum absolute atomic E-state index is 5.17. The van der Waals surface area contributed by atoms with Crippen molar-refractivity contribution in [3.05, 3.63) is 24.3 Å². The molecule has 100 valence electrons. The summed E-state index contributed by atoms with van der Waals surface area (Å²) in [7, 11) is 3.90. The number of hydrogen-bond donors (Lipinski definition) is 1. The van der Waals surface area contributed by atoms with E-state index in [4.69, 9.17) is 4.74 Å². The molecule has 0 aromatic heterocycles. The zero-order valence-corrected chi connectivity index (χ0v) is 11.6. The van der Waals surface area contributed by atoms with Crippen LogP contribution in [0.4, 0.5) is 5.69 Å². The molecular formula is C15H24N2O. The Bertz CT molecular complexity index is 355. The monoisotopic (exact) mass is 248 g/mol. The second kappa shape index (κ2) is 6.10. The van der Waals surface area contributed by atoms with Crippen molar-refractivity contribution in [2.45, 2.75) is 25.8 Å². The standard InChI is InChI=1S/C15H24N2O/c1-12(13-8-10-17(2)11-9-13)16-14-4-6-15(18-3)7-5-14/h4-7,12-13,16H,8-11H2,1-3H3. The van der Waals surface area contributed by atoms with Crippen molar-refractivity contribution in [3.63, 3.8) is 0 Å². The van der Waals surface area contributed by atoms with Gasteiger partial charge in [-0.2, -0.15) is 0 Å². The topological polar surface area (TPSA) is 24.5 Å². The average molecular weight is 248 g/mol. The Hall–Kier alpha value is -1.22. The predicted octanol–water partition coefficient (Wildman–Crippen LogP) is 2.84. The Morgan fingerprint density at radius 2 is 1.83 bits per heavy atom. The lowest BCUT2D eigenvalue weighted by molar-refractivity contribution is 0.208. The second-order valence-corrected chi connectivity index (χ2v) is 5.30. The molecule has 3 heteroatoms. The van der Waals surface area contributed by atoms with Gasteiger partial charge in [-0.05, 0) is 70.1 Å². The lowest BCUT2D eigenvalue weighted by Crippen LogP contribution is -2.37. The van der Waals surface area contributed by atoms with E-state index in [9.17, 15) is 0 Å². The average Bonchev–Trinajstić information content (AvgIpc) is 2.40. The van der Waals surface area contributed by atoms with Gasteiger partial charge in [0.25, 0.3) is 0 Å². The third-order valence-corrected chi connectivity index (χ3v) is 3.95. The summed E-state index contributed by atoms with van der Waals surface area (Å²) in [4.78, 5) is 2.41. The minimum atomic E-state index is 0.534. The maximum Gasteiger partial charge on any atom is 0.119 e. The Labute approximate surface area is 110 Å². The highest BCUT2D eigenvalue weighted by Crippen LogP contribution is 2.23. The molecule has 0 amide bonds. The Balaban J connectivity index is 1.87. The molecule has 0 spiro atoms. The van der Waals surface area contributed by atoms with Crippen LogP contribution in [0.3, 0.4) is 0 Å². The third-order valence-electron chi connectivity index (χ3n) is 3.95. The van der Waals surface area contributed by atoms with Gasteiger partial charge < -0.3 is 15.0 Å². The normalized spacial score (nSPS) is 19.5. The molecule has 18 heavy (non-hydrogen) atoms. The molecule has 1 N–H and O–H groups in total. The molecule has 0 bridgehead atoms. The molecule has 1 fully saturated rings. The molecule has 1 aromatic carbocycles. The van der Waals surface area contributed by atoms with Crippen LogP contribution in [0.15, 0.2) is 24.3 Å². The summed E-state index contributed by atoms with van der Waals surface area (Å²) in [5.41, 5.74) is 1.18. The van der Waals surface area contributed by atoms with Crippen LogP contribution in [0.1, 0.15) is 19.8 Å². The summed E-state index contributed by atoms with van der Waals surface area (Å²) in [6.07, 6.45) is 2.58. The van der Waals surface area contributed by atoms with Crippen LogP contribution in [0.5, 0.6) is 5.75 Å². The van der Waals surface area contributed by atoms with E-state index in [1.165, 1.54) is 31.6 Å². The van der Waals surface area contributed by atoms with Crippen molar-refractivity contribution in [3.8, 4) is 5.75 Å². The molecule has 1 saturated heterocycles. The van der Waals surface area contributed by atoms with Crippen LogP contribution in [0.25, 0.3) is 0 Å². The summed E-state index contributed by atoms with van der Waals surface area (Å²) in [5, 5.41) is 3.60. The largest absolute Gasteiger partial charge is 0.497 e. The van der Waals surface area contributed by atoms with Gasteiger partial charge in [-0.25, -0.2) is 0 Å². The first-order valence-corrected chi connectivity index (χ1v) is 6.78. The van der Waals surface area contributed by atoms with Crippen LogP contribution in [0, 0.1) is 5.92 Å². The van der Waals surface area contributed by atoms with E-state index < -0.39 is 0 Å². The lowest BCUT2D eigenvalue weighted by atomic mass is 9.90. The predicted molar refractivity (Wildman–Crippen MR) is 76.3 cm³/mol. The van der Waals surface area contributed by atoms with Gasteiger partial charge in [0.05, 0.1) is 7.11 Å². The van der Waals surface area contributed by atoms with Crippen molar-refractivity contribution in [1.29, 1.82) is 0 Å². The molecule has 1 aromatic rings. The van der Waals surface area contributed by atoms with Crippen LogP contribution in [-0.2, 0) is 0 Å². The van der Waals surface area contributed by atoms with E-state index in [1.54, 1.807) is 7.11 Å². The highest BCUT2D eigenvalue weighted by Gasteiger charge is 2.21. The summed E-state index contributed by atoms with van der Waals surface area (Å²) in [6, 6.07) is 8.72. The van der Waals surface area contributed by atoms with Gasteiger partial charge in [-0.15, -0.1) is 0 Å². The number of piperidine rings is 1. The molecule has 1 unspecified atom stereocenters. The van der Waals surface area contributed by atoms with Crippen molar-refractivity contribution in [2.24, 2.45) is 5.92 Å². The van der Waals surface area contributed by atoms with Gasteiger partial charge in [0, 0.05) is 11.7 Å². The number of ether oxygens (including phenoxy) is 1. The number of rotatable bonds is 4. The van der Waals surface area contributed by atoms with E-state index in [0.29, 0.717) is 6.04 Å². The number of nitrogens with one attached hydrogen (secondary N) is 1. The molecule has 0 saturated carbocycles. The highest BCUT2D eigenvalue weighted by atomic mass is 16.5. The first-order valence-electron chi connectivity index (χ1n) is 6.78. The first-order chi connectivity index (χ1) is 8.69. The molecule has 1 aliphatic heterocycles. The van der Waals surface area contributed by atoms with Crippen molar-refractivity contribution in [2.75, 3.05) is 32.6 Å². The van der Waals surface area contributed by atoms with Gasteiger partial charge in [-0.3, -0.25) is 0 Å². The SMILES string of the molecule is COc1ccc(NC(C)C2CCN(C)CC2)cc1. The Morgan fingerprint density at radius 3 is 2.39 bits per heavy atom. The molecule has 1 heterocycles. The van der Waals surface area contributed by atoms with Gasteiger partial charge >= 0.3 is 0 Å². The fourth-order valence-corrected chi connectivity index (χ4v) is 2.60. The summed E-state index contributed by atoms with van der Waals surface area (Å²) >= 11 is 0. The summed E-state index contributed by atoms with van der Waals surface area (Å²) in [5.74, 6) is 1.69. The van der Waals surface area contributed by atoms with E-state index in [-0.39, 0.29) is 0 Å². The molecule has 0 aliphatic carbocycles. The molecule has 0 radical (unpaired) electrons. The third kappa shape index (κ3) is 3.39. The smallest absolute Gasteiger partial charge is 0.119 e. The Kier molecular flexibility index (Phi) is 4.48.